The van der Waals surface area contributed by atoms with Gasteiger partial charge in [0.2, 0.25) is 0 Å². The molecule has 0 aliphatic carbocycles. The van der Waals surface area contributed by atoms with E-state index in [9.17, 15) is 0 Å². The van der Waals surface area contributed by atoms with Crippen molar-refractivity contribution in [1.82, 2.24) is 15.3 Å². The van der Waals surface area contributed by atoms with Crippen LogP contribution >= 0.6 is 0 Å². The molecule has 4 heteroatoms. The second-order valence-electron chi connectivity index (χ2n) is 5.55. The van der Waals surface area contributed by atoms with Crippen molar-refractivity contribution in [3.8, 4) is 0 Å². The van der Waals surface area contributed by atoms with Crippen LogP contribution in [-0.4, -0.2) is 35.1 Å². The average Bonchev–Trinajstić information content (AvgIpc) is 3.11. The standard InChI is InChI=1S/C14H18N4/c1-4-14(17-6-1)5-9-18(10-14)12-3-8-16-13-11(12)2-7-15-13/h2-3,7-8,17H,1,4-6,9-10H2,(H,15,16). The maximum absolute atomic E-state index is 4.36. The Balaban J connectivity index is 1.70. The fourth-order valence-electron chi connectivity index (χ4n) is 3.52. The second-order valence-corrected chi connectivity index (χ2v) is 5.55. The molecular weight excluding hydrogens is 224 g/mol. The Bertz CT molecular complexity index is 568. The van der Waals surface area contributed by atoms with E-state index < -0.39 is 0 Å². The summed E-state index contributed by atoms with van der Waals surface area (Å²) < 4.78 is 0. The summed E-state index contributed by atoms with van der Waals surface area (Å²) in [5, 5.41) is 4.95. The number of anilines is 1. The molecule has 0 radical (unpaired) electrons. The molecule has 1 unspecified atom stereocenters. The molecule has 2 aromatic rings. The van der Waals surface area contributed by atoms with Crippen LogP contribution in [0.5, 0.6) is 0 Å². The Morgan fingerprint density at radius 3 is 3.17 bits per heavy atom. The lowest BCUT2D eigenvalue weighted by atomic mass is 9.97. The van der Waals surface area contributed by atoms with Gasteiger partial charge in [0.05, 0.1) is 0 Å². The molecule has 0 amide bonds. The Morgan fingerprint density at radius 1 is 1.28 bits per heavy atom. The number of aromatic nitrogens is 2. The summed E-state index contributed by atoms with van der Waals surface area (Å²) >= 11 is 0. The van der Waals surface area contributed by atoms with E-state index >= 15 is 0 Å². The molecule has 2 N–H and O–H groups in total. The van der Waals surface area contributed by atoms with Gasteiger partial charge in [-0.25, -0.2) is 4.98 Å². The van der Waals surface area contributed by atoms with Gasteiger partial charge < -0.3 is 15.2 Å². The zero-order valence-corrected chi connectivity index (χ0v) is 10.4. The number of nitrogens with one attached hydrogen (secondary N) is 2. The SMILES string of the molecule is c1cc(N2CCC3(CCCN3)C2)c2cc[nH]c2n1. The second kappa shape index (κ2) is 3.72. The van der Waals surface area contributed by atoms with Crippen LogP contribution in [0.2, 0.25) is 0 Å². The van der Waals surface area contributed by atoms with Crippen LogP contribution in [0.25, 0.3) is 11.0 Å². The fraction of sp³-hybridized carbons (Fsp3) is 0.500. The number of hydrogen-bond acceptors (Lipinski definition) is 3. The van der Waals surface area contributed by atoms with Crippen LogP contribution in [0.15, 0.2) is 24.5 Å². The molecule has 4 nitrogen and oxygen atoms in total. The highest BCUT2D eigenvalue weighted by molar-refractivity contribution is 5.89. The Labute approximate surface area is 106 Å². The lowest BCUT2D eigenvalue weighted by molar-refractivity contribution is 0.419. The molecule has 1 spiro atoms. The number of nitrogens with zero attached hydrogens (tertiary/aromatic N) is 2. The third-order valence-electron chi connectivity index (χ3n) is 4.46. The molecule has 2 saturated heterocycles. The number of pyridine rings is 1. The van der Waals surface area contributed by atoms with Gasteiger partial charge in [0, 0.05) is 42.1 Å². The van der Waals surface area contributed by atoms with Crippen LogP contribution < -0.4 is 10.2 Å². The summed E-state index contributed by atoms with van der Waals surface area (Å²) in [6.45, 7) is 3.47. The third-order valence-corrected chi connectivity index (χ3v) is 4.46. The molecule has 18 heavy (non-hydrogen) atoms. The van der Waals surface area contributed by atoms with Crippen molar-refractivity contribution < 1.29 is 0 Å². The Morgan fingerprint density at radius 2 is 2.28 bits per heavy atom. The van der Waals surface area contributed by atoms with Crippen molar-refractivity contribution in [3.05, 3.63) is 24.5 Å². The summed E-state index contributed by atoms with van der Waals surface area (Å²) in [6.07, 6.45) is 7.79. The van der Waals surface area contributed by atoms with Crippen molar-refractivity contribution >= 4 is 16.7 Å². The number of hydrogen-bond donors (Lipinski definition) is 2. The topological polar surface area (TPSA) is 44.0 Å². The largest absolute Gasteiger partial charge is 0.369 e. The van der Waals surface area contributed by atoms with Crippen LogP contribution in [0.3, 0.4) is 0 Å². The van der Waals surface area contributed by atoms with Crippen molar-refractivity contribution in [1.29, 1.82) is 0 Å². The number of rotatable bonds is 1. The van der Waals surface area contributed by atoms with Gasteiger partial charge in [0.1, 0.15) is 5.65 Å². The normalized spacial score (nSPS) is 27.7. The van der Waals surface area contributed by atoms with Gasteiger partial charge >= 0.3 is 0 Å². The summed E-state index contributed by atoms with van der Waals surface area (Å²) in [5.41, 5.74) is 2.70. The zero-order chi connectivity index (χ0) is 12.0. The first-order valence-corrected chi connectivity index (χ1v) is 6.78. The van der Waals surface area contributed by atoms with Crippen molar-refractivity contribution in [2.75, 3.05) is 24.5 Å². The number of fused-ring (bicyclic) bond motifs is 1. The predicted octanol–water partition coefficient (Wildman–Crippen LogP) is 1.90. The van der Waals surface area contributed by atoms with E-state index in [1.54, 1.807) is 0 Å². The van der Waals surface area contributed by atoms with E-state index in [4.69, 9.17) is 0 Å². The first-order chi connectivity index (χ1) is 8.86. The minimum Gasteiger partial charge on any atom is -0.369 e. The molecule has 2 aliphatic rings. The van der Waals surface area contributed by atoms with Gasteiger partial charge in [-0.1, -0.05) is 0 Å². The predicted molar refractivity (Wildman–Crippen MR) is 72.9 cm³/mol. The smallest absolute Gasteiger partial charge is 0.139 e. The quantitative estimate of drug-likeness (QED) is 0.802. The molecule has 2 aliphatic heterocycles. The van der Waals surface area contributed by atoms with Gasteiger partial charge in [-0.05, 0) is 37.9 Å². The first kappa shape index (κ1) is 10.4. The van der Waals surface area contributed by atoms with E-state index in [0.717, 1.165) is 18.7 Å². The summed E-state index contributed by atoms with van der Waals surface area (Å²) in [5.74, 6) is 0. The summed E-state index contributed by atoms with van der Waals surface area (Å²) in [4.78, 5) is 10.1. The third kappa shape index (κ3) is 1.45. The monoisotopic (exact) mass is 242 g/mol. The maximum atomic E-state index is 4.36. The van der Waals surface area contributed by atoms with Crippen molar-refractivity contribution in [2.45, 2.75) is 24.8 Å². The van der Waals surface area contributed by atoms with Gasteiger partial charge in [-0.3, -0.25) is 0 Å². The van der Waals surface area contributed by atoms with E-state index in [1.807, 2.05) is 12.4 Å². The highest BCUT2D eigenvalue weighted by atomic mass is 15.2. The average molecular weight is 242 g/mol. The summed E-state index contributed by atoms with van der Waals surface area (Å²) in [7, 11) is 0. The lowest BCUT2D eigenvalue weighted by Gasteiger charge is -2.25. The van der Waals surface area contributed by atoms with Crippen LogP contribution in [0.4, 0.5) is 5.69 Å². The summed E-state index contributed by atoms with van der Waals surface area (Å²) in [6, 6.07) is 4.27. The molecule has 0 bridgehead atoms. The molecule has 4 heterocycles. The number of H-pyrrole nitrogens is 1. The van der Waals surface area contributed by atoms with Crippen LogP contribution in [0, 0.1) is 0 Å². The zero-order valence-electron chi connectivity index (χ0n) is 10.4. The van der Waals surface area contributed by atoms with Gasteiger partial charge in [0.15, 0.2) is 0 Å². The minimum absolute atomic E-state index is 0.381. The van der Waals surface area contributed by atoms with Gasteiger partial charge in [-0.2, -0.15) is 0 Å². The fourth-order valence-corrected chi connectivity index (χ4v) is 3.52. The lowest BCUT2D eigenvalue weighted by Crippen LogP contribution is -2.42. The molecule has 0 aromatic carbocycles. The molecule has 4 rings (SSSR count). The molecule has 0 saturated carbocycles. The molecule has 2 fully saturated rings. The van der Waals surface area contributed by atoms with E-state index in [1.165, 1.54) is 36.9 Å². The minimum atomic E-state index is 0.381. The molecule has 2 aromatic heterocycles. The highest BCUT2D eigenvalue weighted by Crippen LogP contribution is 2.35. The Hall–Kier alpha value is -1.55. The van der Waals surface area contributed by atoms with Crippen LogP contribution in [-0.2, 0) is 0 Å². The maximum Gasteiger partial charge on any atom is 0.139 e. The molecule has 94 valence electrons. The highest BCUT2D eigenvalue weighted by Gasteiger charge is 2.40. The van der Waals surface area contributed by atoms with E-state index in [-0.39, 0.29) is 0 Å². The molecular formula is C14H18N4. The van der Waals surface area contributed by atoms with Crippen LogP contribution in [0.1, 0.15) is 19.3 Å². The number of aromatic amines is 1. The van der Waals surface area contributed by atoms with Gasteiger partial charge in [-0.15, -0.1) is 0 Å². The van der Waals surface area contributed by atoms with Crippen molar-refractivity contribution in [3.63, 3.8) is 0 Å². The first-order valence-electron chi connectivity index (χ1n) is 6.78. The van der Waals surface area contributed by atoms with E-state index in [2.05, 4.69) is 32.3 Å². The van der Waals surface area contributed by atoms with Gasteiger partial charge in [0.25, 0.3) is 0 Å². The molecule has 1 atom stereocenters. The van der Waals surface area contributed by atoms with Crippen molar-refractivity contribution in [2.24, 2.45) is 0 Å². The van der Waals surface area contributed by atoms with E-state index in [0.29, 0.717) is 5.54 Å². The Kier molecular flexibility index (Phi) is 2.14.